The van der Waals surface area contributed by atoms with Crippen LogP contribution in [0, 0.1) is 0 Å². The van der Waals surface area contributed by atoms with Crippen molar-refractivity contribution in [3.05, 3.63) is 0 Å². The van der Waals surface area contributed by atoms with E-state index >= 15 is 0 Å². The maximum absolute atomic E-state index is 5.90. The Morgan fingerprint density at radius 3 is 2.37 bits per heavy atom. The number of hydrogen-bond acceptors (Lipinski definition) is 3. The first-order chi connectivity index (χ1) is 9.29. The highest BCUT2D eigenvalue weighted by atomic mass is 79.9. The predicted molar refractivity (Wildman–Crippen MR) is 82.1 cm³/mol. The van der Waals surface area contributed by atoms with Crippen molar-refractivity contribution in [2.75, 3.05) is 26.9 Å². The fraction of sp³-hybridized carbons (Fsp3) is 1.00. The molecule has 4 heteroatoms. The number of unbranched alkanes of at least 4 members (excludes halogenated alkanes) is 5. The zero-order chi connectivity index (χ0) is 13.9. The third kappa shape index (κ3) is 7.07. The first kappa shape index (κ1) is 17.4. The molecule has 114 valence electrons. The van der Waals surface area contributed by atoms with Crippen LogP contribution in [-0.2, 0) is 14.2 Å². The minimum absolute atomic E-state index is 0.204. The van der Waals surface area contributed by atoms with Crippen LogP contribution in [-0.4, -0.2) is 44.0 Å². The Balaban J connectivity index is 1.96. The van der Waals surface area contributed by atoms with Crippen LogP contribution in [0.4, 0.5) is 0 Å². The molecule has 0 aromatic rings. The molecule has 0 N–H and O–H groups in total. The zero-order valence-corrected chi connectivity index (χ0v) is 14.0. The molecule has 1 aliphatic carbocycles. The molecule has 3 unspecified atom stereocenters. The molecule has 0 amide bonds. The van der Waals surface area contributed by atoms with Gasteiger partial charge in [0.15, 0.2) is 0 Å². The number of methoxy groups -OCH3 is 1. The molecule has 0 aromatic carbocycles. The van der Waals surface area contributed by atoms with Gasteiger partial charge in [0.2, 0.25) is 0 Å². The van der Waals surface area contributed by atoms with E-state index in [0.717, 1.165) is 13.0 Å². The summed E-state index contributed by atoms with van der Waals surface area (Å²) in [6.45, 7) is 4.43. The van der Waals surface area contributed by atoms with Gasteiger partial charge in [-0.15, -0.1) is 0 Å². The number of alkyl halides is 1. The van der Waals surface area contributed by atoms with Gasteiger partial charge in [-0.25, -0.2) is 0 Å². The summed E-state index contributed by atoms with van der Waals surface area (Å²) in [6.07, 6.45) is 9.40. The van der Waals surface area contributed by atoms with Crippen molar-refractivity contribution in [2.45, 2.75) is 68.9 Å². The Morgan fingerprint density at radius 2 is 1.68 bits per heavy atom. The van der Waals surface area contributed by atoms with Gasteiger partial charge in [0, 0.05) is 18.5 Å². The third-order valence-corrected chi connectivity index (χ3v) is 4.50. The van der Waals surface area contributed by atoms with Crippen LogP contribution in [0.1, 0.15) is 51.9 Å². The lowest BCUT2D eigenvalue weighted by atomic mass is 9.91. The van der Waals surface area contributed by atoms with E-state index in [2.05, 4.69) is 22.9 Å². The number of ether oxygens (including phenoxy) is 3. The molecule has 19 heavy (non-hydrogen) atoms. The molecule has 1 rings (SSSR count). The molecule has 0 aliphatic heterocycles. The van der Waals surface area contributed by atoms with Crippen molar-refractivity contribution < 1.29 is 14.2 Å². The summed E-state index contributed by atoms with van der Waals surface area (Å²) in [4.78, 5) is 0.443. The minimum atomic E-state index is 0.204. The Morgan fingerprint density at radius 1 is 0.947 bits per heavy atom. The maximum Gasteiger partial charge on any atom is 0.0963 e. The molecule has 0 saturated heterocycles. The summed E-state index contributed by atoms with van der Waals surface area (Å²) in [5, 5.41) is 0. The minimum Gasteiger partial charge on any atom is -0.382 e. The van der Waals surface area contributed by atoms with Crippen molar-refractivity contribution >= 4 is 15.9 Å². The summed E-state index contributed by atoms with van der Waals surface area (Å²) >= 11 is 3.62. The van der Waals surface area contributed by atoms with Crippen molar-refractivity contribution in [1.29, 1.82) is 0 Å². The second kappa shape index (κ2) is 11.1. The maximum atomic E-state index is 5.90. The van der Waals surface area contributed by atoms with E-state index in [1.807, 2.05) is 0 Å². The summed E-state index contributed by atoms with van der Waals surface area (Å²) in [5.41, 5.74) is 0. The largest absolute Gasteiger partial charge is 0.382 e. The van der Waals surface area contributed by atoms with Crippen molar-refractivity contribution in [2.24, 2.45) is 0 Å². The van der Waals surface area contributed by atoms with Gasteiger partial charge in [-0.3, -0.25) is 0 Å². The highest BCUT2D eigenvalue weighted by Gasteiger charge is 2.41. The summed E-state index contributed by atoms with van der Waals surface area (Å²) in [5.74, 6) is 0. The van der Waals surface area contributed by atoms with Crippen molar-refractivity contribution in [1.82, 2.24) is 0 Å². The molecule has 3 atom stereocenters. The molecular weight excluding hydrogens is 308 g/mol. The first-order valence-corrected chi connectivity index (χ1v) is 8.57. The quantitative estimate of drug-likeness (QED) is 0.399. The van der Waals surface area contributed by atoms with Gasteiger partial charge >= 0.3 is 0 Å². The second-order valence-corrected chi connectivity index (χ2v) is 6.43. The van der Waals surface area contributed by atoms with E-state index in [1.54, 1.807) is 7.11 Å². The zero-order valence-electron chi connectivity index (χ0n) is 12.4. The molecule has 0 heterocycles. The average molecular weight is 337 g/mol. The van der Waals surface area contributed by atoms with E-state index in [1.165, 1.54) is 38.5 Å². The van der Waals surface area contributed by atoms with Crippen LogP contribution in [0.25, 0.3) is 0 Å². The van der Waals surface area contributed by atoms with Gasteiger partial charge in [0.1, 0.15) is 0 Å². The molecule has 3 nitrogen and oxygen atoms in total. The van der Waals surface area contributed by atoms with Crippen LogP contribution < -0.4 is 0 Å². The molecule has 1 aliphatic rings. The van der Waals surface area contributed by atoms with Gasteiger partial charge in [-0.2, -0.15) is 0 Å². The lowest BCUT2D eigenvalue weighted by Gasteiger charge is -2.40. The molecule has 1 fully saturated rings. The van der Waals surface area contributed by atoms with E-state index < -0.39 is 0 Å². The highest BCUT2D eigenvalue weighted by Crippen LogP contribution is 2.33. The van der Waals surface area contributed by atoms with E-state index in [9.17, 15) is 0 Å². The third-order valence-electron chi connectivity index (χ3n) is 3.61. The van der Waals surface area contributed by atoms with Gasteiger partial charge in [0.05, 0.1) is 25.4 Å². The Kier molecular flexibility index (Phi) is 10.1. The summed E-state index contributed by atoms with van der Waals surface area (Å²) in [6, 6.07) is 0. The normalized spacial score (nSPS) is 26.4. The van der Waals surface area contributed by atoms with Gasteiger partial charge in [-0.05, 0) is 12.8 Å². The highest BCUT2D eigenvalue weighted by molar-refractivity contribution is 9.09. The SMILES string of the molecule is CCCCCCCCOC1CC(Br)C1OCCOC. The van der Waals surface area contributed by atoms with Crippen LogP contribution in [0.15, 0.2) is 0 Å². The monoisotopic (exact) mass is 336 g/mol. The van der Waals surface area contributed by atoms with Crippen LogP contribution >= 0.6 is 15.9 Å². The Hall–Kier alpha value is 0.360. The van der Waals surface area contributed by atoms with Gasteiger partial charge < -0.3 is 14.2 Å². The molecular formula is C15H29BrO3. The summed E-state index contributed by atoms with van der Waals surface area (Å²) < 4.78 is 16.7. The Labute approximate surface area is 126 Å². The predicted octanol–water partition coefficient (Wildman–Crippen LogP) is 3.93. The van der Waals surface area contributed by atoms with Crippen molar-refractivity contribution in [3.63, 3.8) is 0 Å². The number of halogens is 1. The van der Waals surface area contributed by atoms with Crippen LogP contribution in [0.3, 0.4) is 0 Å². The average Bonchev–Trinajstić information content (AvgIpc) is 2.41. The summed E-state index contributed by atoms with van der Waals surface area (Å²) in [7, 11) is 1.70. The fourth-order valence-electron chi connectivity index (χ4n) is 2.29. The first-order valence-electron chi connectivity index (χ1n) is 7.65. The molecule has 0 radical (unpaired) electrons. The lowest BCUT2D eigenvalue weighted by molar-refractivity contribution is -0.127. The smallest absolute Gasteiger partial charge is 0.0963 e. The Bertz CT molecular complexity index is 214. The van der Waals surface area contributed by atoms with Crippen LogP contribution in [0.2, 0.25) is 0 Å². The lowest BCUT2D eigenvalue weighted by Crippen LogP contribution is -2.51. The number of rotatable bonds is 12. The standard InChI is InChI=1S/C15H29BrO3/c1-3-4-5-6-7-8-9-18-14-12-13(16)15(14)19-11-10-17-2/h13-15H,3-12H2,1-2H3. The number of hydrogen-bond donors (Lipinski definition) is 0. The fourth-order valence-corrected chi connectivity index (χ4v) is 3.15. The molecule has 0 spiro atoms. The van der Waals surface area contributed by atoms with E-state index in [0.29, 0.717) is 18.0 Å². The molecule has 0 bridgehead atoms. The van der Waals surface area contributed by atoms with Crippen molar-refractivity contribution in [3.8, 4) is 0 Å². The van der Waals surface area contributed by atoms with Crippen LogP contribution in [0.5, 0.6) is 0 Å². The molecule has 1 saturated carbocycles. The topological polar surface area (TPSA) is 27.7 Å². The van der Waals surface area contributed by atoms with Gasteiger partial charge in [0.25, 0.3) is 0 Å². The van der Waals surface area contributed by atoms with E-state index in [4.69, 9.17) is 14.2 Å². The molecule has 0 aromatic heterocycles. The second-order valence-electron chi connectivity index (χ2n) is 5.26. The van der Waals surface area contributed by atoms with Gasteiger partial charge in [-0.1, -0.05) is 55.0 Å². The van der Waals surface area contributed by atoms with E-state index in [-0.39, 0.29) is 12.2 Å².